The first-order chi connectivity index (χ1) is 14.0. The van der Waals surface area contributed by atoms with Gasteiger partial charge in [-0.3, -0.25) is 4.79 Å². The van der Waals surface area contributed by atoms with Crippen LogP contribution in [-0.2, 0) is 4.79 Å². The average molecular weight is 410 g/mol. The molecular weight excluding hydrogens is 385 g/mol. The normalized spacial score (nSPS) is 19.5. The van der Waals surface area contributed by atoms with Gasteiger partial charge in [-0.2, -0.15) is 0 Å². The van der Waals surface area contributed by atoms with Crippen LogP contribution in [0.4, 0.5) is 4.39 Å². The van der Waals surface area contributed by atoms with Crippen molar-refractivity contribution < 1.29 is 9.18 Å². The fourth-order valence-corrected chi connectivity index (χ4v) is 4.97. The van der Waals surface area contributed by atoms with E-state index in [2.05, 4.69) is 24.0 Å². The smallest absolute Gasteiger partial charge is 0.233 e. The topological polar surface area (TPSA) is 46.1 Å². The number of thioether (sulfide) groups is 1. The molecule has 0 bridgehead atoms. The Hall–Kier alpha value is -2.47. The molecule has 4 rings (SSSR count). The van der Waals surface area contributed by atoms with E-state index in [-0.39, 0.29) is 11.7 Å². The van der Waals surface area contributed by atoms with Crippen LogP contribution in [0, 0.1) is 17.7 Å². The van der Waals surface area contributed by atoms with Crippen molar-refractivity contribution in [3.05, 3.63) is 54.3 Å². The molecule has 29 heavy (non-hydrogen) atoms. The number of rotatable bonds is 4. The third-order valence-corrected chi connectivity index (χ3v) is 6.29. The van der Waals surface area contributed by atoms with Gasteiger partial charge in [0.25, 0.3) is 0 Å². The summed E-state index contributed by atoms with van der Waals surface area (Å²) in [5, 5.41) is 11.5. The molecule has 1 aromatic heterocycles. The Morgan fingerprint density at radius 3 is 2.38 bits per heavy atom. The molecule has 0 radical (unpaired) electrons. The van der Waals surface area contributed by atoms with Gasteiger partial charge >= 0.3 is 0 Å². The average Bonchev–Trinajstić information content (AvgIpc) is 2.72. The number of likely N-dealkylation sites (tertiary alicyclic amines) is 1. The van der Waals surface area contributed by atoms with Gasteiger partial charge in [0.1, 0.15) is 16.5 Å². The standard InChI is InChI=1S/C23H24FN3OS/c1-15-11-16(2)13-27(12-15)21(28)14-29-23-20-6-4-3-5-19(20)22(25-26-23)17-7-9-18(24)10-8-17/h3-10,15-16H,11-14H2,1-2H3/t15-,16-/m0/s1. The van der Waals surface area contributed by atoms with Gasteiger partial charge in [-0.1, -0.05) is 49.9 Å². The summed E-state index contributed by atoms with van der Waals surface area (Å²) in [5.41, 5.74) is 1.54. The van der Waals surface area contributed by atoms with E-state index >= 15 is 0 Å². The Balaban J connectivity index is 1.56. The number of aromatic nitrogens is 2. The number of carbonyl (C=O) groups is 1. The highest BCUT2D eigenvalue weighted by molar-refractivity contribution is 8.00. The quantitative estimate of drug-likeness (QED) is 0.567. The molecule has 150 valence electrons. The molecule has 1 aliphatic heterocycles. The van der Waals surface area contributed by atoms with Gasteiger partial charge in [-0.05, 0) is 42.5 Å². The van der Waals surface area contributed by atoms with Crippen molar-refractivity contribution in [2.45, 2.75) is 25.3 Å². The van der Waals surface area contributed by atoms with Crippen LogP contribution < -0.4 is 0 Å². The molecule has 0 spiro atoms. The van der Waals surface area contributed by atoms with E-state index in [1.165, 1.54) is 30.3 Å². The van der Waals surface area contributed by atoms with Crippen molar-refractivity contribution in [2.24, 2.45) is 11.8 Å². The highest BCUT2D eigenvalue weighted by Crippen LogP contribution is 2.32. The molecule has 0 saturated carbocycles. The van der Waals surface area contributed by atoms with Gasteiger partial charge in [0.05, 0.1) is 5.75 Å². The summed E-state index contributed by atoms with van der Waals surface area (Å²) in [7, 11) is 0. The Bertz CT molecular complexity index is 1010. The molecule has 1 amide bonds. The lowest BCUT2D eigenvalue weighted by atomic mass is 9.92. The fraction of sp³-hybridized carbons (Fsp3) is 0.348. The monoisotopic (exact) mass is 409 g/mol. The van der Waals surface area contributed by atoms with Crippen LogP contribution in [0.3, 0.4) is 0 Å². The van der Waals surface area contributed by atoms with Crippen molar-refractivity contribution >= 4 is 28.4 Å². The third-order valence-electron chi connectivity index (χ3n) is 5.33. The summed E-state index contributed by atoms with van der Waals surface area (Å²) >= 11 is 1.44. The molecule has 1 saturated heterocycles. The maximum Gasteiger partial charge on any atom is 0.233 e. The van der Waals surface area contributed by atoms with Gasteiger partial charge in [0.2, 0.25) is 5.91 Å². The highest BCUT2D eigenvalue weighted by atomic mass is 32.2. The maximum atomic E-state index is 13.3. The molecule has 6 heteroatoms. The molecule has 0 aliphatic carbocycles. The Kier molecular flexibility index (Phi) is 5.81. The SMILES string of the molecule is C[C@H]1C[C@H](C)CN(C(=O)CSc2nnc(-c3ccc(F)cc3)c3ccccc23)C1. The summed E-state index contributed by atoms with van der Waals surface area (Å²) in [6.07, 6.45) is 1.18. The van der Waals surface area contributed by atoms with Gasteiger partial charge < -0.3 is 4.90 Å². The second-order valence-corrected chi connectivity index (χ2v) is 8.90. The molecular formula is C23H24FN3OS. The molecule has 0 N–H and O–H groups in total. The van der Waals surface area contributed by atoms with Crippen molar-refractivity contribution in [3.8, 4) is 11.3 Å². The first-order valence-corrected chi connectivity index (χ1v) is 10.9. The number of benzene rings is 2. The van der Waals surface area contributed by atoms with E-state index in [4.69, 9.17) is 0 Å². The molecule has 2 aromatic carbocycles. The fourth-order valence-electron chi connectivity index (χ4n) is 4.09. The van der Waals surface area contributed by atoms with E-state index in [9.17, 15) is 9.18 Å². The first kappa shape index (κ1) is 19.8. The van der Waals surface area contributed by atoms with Crippen LogP contribution in [-0.4, -0.2) is 39.8 Å². The van der Waals surface area contributed by atoms with Crippen LogP contribution >= 0.6 is 11.8 Å². The van der Waals surface area contributed by atoms with E-state index in [0.717, 1.165) is 40.1 Å². The van der Waals surface area contributed by atoms with Crippen LogP contribution in [0.5, 0.6) is 0 Å². The first-order valence-electron chi connectivity index (χ1n) is 9.93. The molecule has 0 unspecified atom stereocenters. The number of fused-ring (bicyclic) bond motifs is 1. The predicted molar refractivity (Wildman–Crippen MR) is 115 cm³/mol. The number of nitrogens with zero attached hydrogens (tertiary/aromatic N) is 3. The largest absolute Gasteiger partial charge is 0.341 e. The number of amides is 1. The summed E-state index contributed by atoms with van der Waals surface area (Å²) in [4.78, 5) is 14.7. The Morgan fingerprint density at radius 1 is 1.03 bits per heavy atom. The van der Waals surface area contributed by atoms with Gasteiger partial charge in [0.15, 0.2) is 0 Å². The zero-order chi connectivity index (χ0) is 20.4. The van der Waals surface area contributed by atoms with E-state index < -0.39 is 0 Å². The molecule has 2 heterocycles. The molecule has 1 fully saturated rings. The number of hydrogen-bond acceptors (Lipinski definition) is 4. The minimum atomic E-state index is -0.280. The Labute approximate surface area is 174 Å². The van der Waals surface area contributed by atoms with Crippen molar-refractivity contribution in [2.75, 3.05) is 18.8 Å². The molecule has 3 aromatic rings. The number of halogens is 1. The lowest BCUT2D eigenvalue weighted by Gasteiger charge is -2.35. The summed E-state index contributed by atoms with van der Waals surface area (Å²) in [6.45, 7) is 6.08. The van der Waals surface area contributed by atoms with Crippen molar-refractivity contribution in [3.63, 3.8) is 0 Å². The molecule has 4 nitrogen and oxygen atoms in total. The van der Waals surface area contributed by atoms with E-state index in [1.807, 2.05) is 29.2 Å². The predicted octanol–water partition coefficient (Wildman–Crippen LogP) is 5.03. The van der Waals surface area contributed by atoms with Gasteiger partial charge in [-0.15, -0.1) is 10.2 Å². The van der Waals surface area contributed by atoms with Crippen molar-refractivity contribution in [1.82, 2.24) is 15.1 Å². The van der Waals surface area contributed by atoms with Gasteiger partial charge in [0, 0.05) is 29.4 Å². The molecule has 2 atom stereocenters. The lowest BCUT2D eigenvalue weighted by Crippen LogP contribution is -2.43. The summed E-state index contributed by atoms with van der Waals surface area (Å²) in [5.74, 6) is 1.32. The second-order valence-electron chi connectivity index (χ2n) is 7.94. The summed E-state index contributed by atoms with van der Waals surface area (Å²) in [6, 6.07) is 14.2. The Morgan fingerprint density at radius 2 is 1.69 bits per heavy atom. The van der Waals surface area contributed by atoms with Crippen molar-refractivity contribution in [1.29, 1.82) is 0 Å². The summed E-state index contributed by atoms with van der Waals surface area (Å²) < 4.78 is 13.3. The number of hydrogen-bond donors (Lipinski definition) is 0. The molecule has 1 aliphatic rings. The number of carbonyl (C=O) groups excluding carboxylic acids is 1. The van der Waals surface area contributed by atoms with E-state index in [0.29, 0.717) is 17.6 Å². The van der Waals surface area contributed by atoms with Crippen LogP contribution in [0.25, 0.3) is 22.0 Å². The zero-order valence-electron chi connectivity index (χ0n) is 16.6. The third kappa shape index (κ3) is 4.42. The second kappa shape index (κ2) is 8.49. The maximum absolute atomic E-state index is 13.3. The van der Waals surface area contributed by atoms with Crippen LogP contribution in [0.15, 0.2) is 53.6 Å². The lowest BCUT2D eigenvalue weighted by molar-refractivity contribution is -0.130. The van der Waals surface area contributed by atoms with Crippen LogP contribution in [0.1, 0.15) is 20.3 Å². The van der Waals surface area contributed by atoms with Gasteiger partial charge in [-0.25, -0.2) is 4.39 Å². The minimum absolute atomic E-state index is 0.155. The highest BCUT2D eigenvalue weighted by Gasteiger charge is 2.25. The van der Waals surface area contributed by atoms with E-state index in [1.54, 1.807) is 12.1 Å². The zero-order valence-corrected chi connectivity index (χ0v) is 17.5. The minimum Gasteiger partial charge on any atom is -0.341 e. The number of piperidine rings is 1. The van der Waals surface area contributed by atoms with Crippen LogP contribution in [0.2, 0.25) is 0 Å².